The van der Waals surface area contributed by atoms with E-state index in [0.717, 1.165) is 33.6 Å². The van der Waals surface area contributed by atoms with E-state index >= 15 is 0 Å². The molecule has 6 heteroatoms. The van der Waals surface area contributed by atoms with Gasteiger partial charge in [0.1, 0.15) is 0 Å². The van der Waals surface area contributed by atoms with Crippen LogP contribution >= 0.6 is 0 Å². The van der Waals surface area contributed by atoms with Crippen LogP contribution in [0.15, 0.2) is 78.9 Å². The van der Waals surface area contributed by atoms with E-state index in [-0.39, 0.29) is 18.2 Å². The Morgan fingerprint density at radius 3 is 2.41 bits per heavy atom. The number of esters is 1. The van der Waals surface area contributed by atoms with Crippen molar-refractivity contribution >= 4 is 11.9 Å². The first-order chi connectivity index (χ1) is 16.5. The molecule has 0 aliphatic carbocycles. The molecule has 4 aromatic rings. The maximum atomic E-state index is 12.7. The molecular weight excluding hydrogens is 426 g/mol. The van der Waals surface area contributed by atoms with Crippen molar-refractivity contribution in [3.63, 3.8) is 0 Å². The summed E-state index contributed by atoms with van der Waals surface area (Å²) in [4.78, 5) is 25.0. The van der Waals surface area contributed by atoms with Crippen molar-refractivity contribution in [2.75, 3.05) is 6.61 Å². The molecule has 0 bridgehead atoms. The quantitative estimate of drug-likeness (QED) is 0.387. The zero-order valence-corrected chi connectivity index (χ0v) is 19.5. The fraction of sp³-hybridized carbons (Fsp3) is 0.179. The third-order valence-electron chi connectivity index (χ3n) is 5.52. The van der Waals surface area contributed by atoms with Crippen LogP contribution in [0, 0.1) is 13.8 Å². The number of hydrogen-bond acceptors (Lipinski definition) is 4. The largest absolute Gasteiger partial charge is 0.461 e. The van der Waals surface area contributed by atoms with Crippen molar-refractivity contribution in [3.05, 3.63) is 107 Å². The van der Waals surface area contributed by atoms with Crippen molar-refractivity contribution in [3.8, 4) is 16.9 Å². The molecule has 0 saturated carbocycles. The zero-order valence-electron chi connectivity index (χ0n) is 19.5. The number of amides is 1. The topological polar surface area (TPSA) is 73.2 Å². The second-order valence-electron chi connectivity index (χ2n) is 8.08. The third-order valence-corrected chi connectivity index (χ3v) is 5.52. The Hall–Kier alpha value is -4.19. The third kappa shape index (κ3) is 5.07. The van der Waals surface area contributed by atoms with Crippen molar-refractivity contribution < 1.29 is 14.3 Å². The number of aromatic nitrogens is 2. The molecule has 0 aliphatic rings. The summed E-state index contributed by atoms with van der Waals surface area (Å²) in [5.74, 6) is -0.622. The minimum atomic E-state index is -0.469. The lowest BCUT2D eigenvalue weighted by atomic mass is 10.1. The van der Waals surface area contributed by atoms with E-state index in [4.69, 9.17) is 4.74 Å². The van der Waals surface area contributed by atoms with Crippen LogP contribution in [0.5, 0.6) is 0 Å². The molecule has 172 valence electrons. The molecule has 4 rings (SSSR count). The van der Waals surface area contributed by atoms with Crippen molar-refractivity contribution in [2.24, 2.45) is 0 Å². The SMILES string of the molecule is CCOC(=O)c1cc(-c2ccccc2C)n(-c2ccc(C(=O)NCc3cccc(C)c3)cc2)n1. The van der Waals surface area contributed by atoms with Gasteiger partial charge in [-0.2, -0.15) is 5.10 Å². The van der Waals surface area contributed by atoms with Crippen LogP contribution in [0.2, 0.25) is 0 Å². The van der Waals surface area contributed by atoms with Gasteiger partial charge in [-0.3, -0.25) is 4.79 Å². The maximum Gasteiger partial charge on any atom is 0.358 e. The fourth-order valence-corrected chi connectivity index (χ4v) is 3.80. The van der Waals surface area contributed by atoms with Gasteiger partial charge in [0.05, 0.1) is 18.0 Å². The normalized spacial score (nSPS) is 10.7. The predicted octanol–water partition coefficient (Wildman–Crippen LogP) is 5.26. The fourth-order valence-electron chi connectivity index (χ4n) is 3.80. The van der Waals surface area contributed by atoms with E-state index in [1.807, 2.05) is 68.4 Å². The van der Waals surface area contributed by atoms with Gasteiger partial charge in [0, 0.05) is 17.7 Å². The van der Waals surface area contributed by atoms with E-state index < -0.39 is 5.97 Å². The molecule has 0 fully saturated rings. The Balaban J connectivity index is 1.60. The molecule has 3 aromatic carbocycles. The highest BCUT2D eigenvalue weighted by atomic mass is 16.5. The van der Waals surface area contributed by atoms with E-state index in [9.17, 15) is 9.59 Å². The van der Waals surface area contributed by atoms with Crippen LogP contribution < -0.4 is 5.32 Å². The number of ether oxygens (including phenoxy) is 1. The number of hydrogen-bond donors (Lipinski definition) is 1. The zero-order chi connectivity index (χ0) is 24.1. The molecule has 0 radical (unpaired) electrons. The van der Waals surface area contributed by atoms with E-state index in [2.05, 4.69) is 16.5 Å². The number of carbonyl (C=O) groups excluding carboxylic acids is 2. The summed E-state index contributed by atoms with van der Waals surface area (Å²) < 4.78 is 6.86. The summed E-state index contributed by atoms with van der Waals surface area (Å²) in [5, 5.41) is 7.47. The Kier molecular flexibility index (Phi) is 6.87. The first-order valence-corrected chi connectivity index (χ1v) is 11.2. The lowest BCUT2D eigenvalue weighted by Gasteiger charge is -2.11. The highest BCUT2D eigenvalue weighted by Crippen LogP contribution is 2.27. The van der Waals surface area contributed by atoms with Gasteiger partial charge in [-0.1, -0.05) is 54.1 Å². The van der Waals surface area contributed by atoms with Crippen LogP contribution in [0.4, 0.5) is 0 Å². The molecule has 0 unspecified atom stereocenters. The summed E-state index contributed by atoms with van der Waals surface area (Å²) in [6, 6.07) is 24.9. The van der Waals surface area contributed by atoms with Gasteiger partial charge >= 0.3 is 5.97 Å². The average Bonchev–Trinajstić information content (AvgIpc) is 3.28. The molecule has 34 heavy (non-hydrogen) atoms. The molecule has 0 atom stereocenters. The van der Waals surface area contributed by atoms with Crippen molar-refractivity contribution in [2.45, 2.75) is 27.3 Å². The van der Waals surface area contributed by atoms with E-state index in [1.165, 1.54) is 0 Å². The van der Waals surface area contributed by atoms with Crippen LogP contribution in [0.1, 0.15) is 44.5 Å². The minimum Gasteiger partial charge on any atom is -0.461 e. The summed E-state index contributed by atoms with van der Waals surface area (Å²) >= 11 is 0. The molecule has 1 heterocycles. The van der Waals surface area contributed by atoms with Gasteiger partial charge in [-0.15, -0.1) is 0 Å². The summed E-state index contributed by atoms with van der Waals surface area (Å²) in [6.45, 7) is 6.54. The molecule has 1 N–H and O–H groups in total. The summed E-state index contributed by atoms with van der Waals surface area (Å²) in [5.41, 5.74) is 6.53. The standard InChI is InChI=1S/C28H27N3O3/c1-4-34-28(33)25-17-26(24-11-6-5-9-20(24)3)31(30-25)23-14-12-22(13-15-23)27(32)29-18-21-10-7-8-19(2)16-21/h5-17H,4,18H2,1-3H3,(H,29,32). The number of aryl methyl sites for hydroxylation is 2. The monoisotopic (exact) mass is 453 g/mol. The van der Waals surface area contributed by atoms with Gasteiger partial charge in [-0.05, 0) is 62.2 Å². The van der Waals surface area contributed by atoms with Gasteiger partial charge in [0.2, 0.25) is 0 Å². The highest BCUT2D eigenvalue weighted by Gasteiger charge is 2.19. The first kappa shape index (κ1) is 23.0. The maximum absolute atomic E-state index is 12.7. The predicted molar refractivity (Wildman–Crippen MR) is 132 cm³/mol. The van der Waals surface area contributed by atoms with Crippen LogP contribution in [0.3, 0.4) is 0 Å². The second-order valence-corrected chi connectivity index (χ2v) is 8.08. The van der Waals surface area contributed by atoms with Crippen LogP contribution in [0.25, 0.3) is 16.9 Å². The van der Waals surface area contributed by atoms with Gasteiger partial charge in [0.25, 0.3) is 5.91 Å². The van der Waals surface area contributed by atoms with Crippen LogP contribution in [-0.4, -0.2) is 28.3 Å². The Bertz CT molecular complexity index is 1320. The Labute approximate surface area is 199 Å². The van der Waals surface area contributed by atoms with Gasteiger partial charge < -0.3 is 10.1 Å². The summed E-state index contributed by atoms with van der Waals surface area (Å²) in [6.07, 6.45) is 0. The smallest absolute Gasteiger partial charge is 0.358 e. The van der Waals surface area contributed by atoms with Crippen molar-refractivity contribution in [1.29, 1.82) is 0 Å². The van der Waals surface area contributed by atoms with Crippen molar-refractivity contribution in [1.82, 2.24) is 15.1 Å². The molecule has 6 nitrogen and oxygen atoms in total. The molecule has 0 aliphatic heterocycles. The highest BCUT2D eigenvalue weighted by molar-refractivity contribution is 5.94. The number of nitrogens with one attached hydrogen (secondary N) is 1. The first-order valence-electron chi connectivity index (χ1n) is 11.2. The molecule has 1 aromatic heterocycles. The Morgan fingerprint density at radius 1 is 0.941 bits per heavy atom. The number of rotatable bonds is 7. The lowest BCUT2D eigenvalue weighted by Crippen LogP contribution is -2.22. The number of carbonyl (C=O) groups is 2. The summed E-state index contributed by atoms with van der Waals surface area (Å²) in [7, 11) is 0. The molecule has 0 saturated heterocycles. The molecular formula is C28H27N3O3. The number of benzene rings is 3. The van der Waals surface area contributed by atoms with Crippen LogP contribution in [-0.2, 0) is 11.3 Å². The Morgan fingerprint density at radius 2 is 1.71 bits per heavy atom. The van der Waals surface area contributed by atoms with E-state index in [0.29, 0.717) is 12.1 Å². The average molecular weight is 454 g/mol. The lowest BCUT2D eigenvalue weighted by molar-refractivity contribution is 0.0518. The van der Waals surface area contributed by atoms with E-state index in [1.54, 1.807) is 29.8 Å². The minimum absolute atomic E-state index is 0.153. The van der Waals surface area contributed by atoms with Gasteiger partial charge in [0.15, 0.2) is 5.69 Å². The van der Waals surface area contributed by atoms with Gasteiger partial charge in [-0.25, -0.2) is 9.48 Å². The number of nitrogens with zero attached hydrogens (tertiary/aromatic N) is 2. The molecule has 0 spiro atoms. The second kappa shape index (κ2) is 10.2. The molecule has 1 amide bonds.